The first-order valence-corrected chi connectivity index (χ1v) is 8.52. The van der Waals surface area contributed by atoms with Gasteiger partial charge in [-0.2, -0.15) is 8.42 Å². The lowest BCUT2D eigenvalue weighted by Crippen LogP contribution is -2.38. The van der Waals surface area contributed by atoms with Crippen LogP contribution in [-0.2, 0) is 29.7 Å². The predicted molar refractivity (Wildman–Crippen MR) is 91.8 cm³/mol. The van der Waals surface area contributed by atoms with Crippen molar-refractivity contribution in [3.8, 4) is 0 Å². The molecule has 0 amide bonds. The third-order valence-electron chi connectivity index (χ3n) is 2.96. The van der Waals surface area contributed by atoms with Crippen molar-refractivity contribution >= 4 is 16.4 Å². The number of hydrogen-bond donors (Lipinski definition) is 2. The lowest BCUT2D eigenvalue weighted by Gasteiger charge is -2.27. The minimum Gasteiger partial charge on any atom is -0.461 e. The Bertz CT molecular complexity index is 625. The topological polar surface area (TPSA) is 102 Å². The number of hydrogen-bond acceptors (Lipinski definition) is 6. The monoisotopic (exact) mass is 359 g/mol. The Labute approximate surface area is 143 Å². The zero-order chi connectivity index (χ0) is 18.8. The largest absolute Gasteiger partial charge is 0.461 e. The Morgan fingerprint density at radius 3 is 2.21 bits per heavy atom. The molecule has 2 N–H and O–H groups in total. The molecule has 7 nitrogen and oxygen atoms in total. The van der Waals surface area contributed by atoms with Gasteiger partial charge in [-0.25, -0.2) is 4.79 Å². The van der Waals surface area contributed by atoms with Crippen molar-refractivity contribution in [3.63, 3.8) is 0 Å². The second-order valence-electron chi connectivity index (χ2n) is 5.43. The van der Waals surface area contributed by atoms with E-state index in [2.05, 4.69) is 42.1 Å². The first kappa shape index (κ1) is 22.3. The summed E-state index contributed by atoms with van der Waals surface area (Å²) in [4.78, 5) is 11.2. The predicted octanol–water partition coefficient (Wildman–Crippen LogP) is 2.07. The maximum Gasteiger partial charge on any atom is 0.397 e. The number of rotatable bonds is 7. The van der Waals surface area contributed by atoms with Crippen molar-refractivity contribution in [3.05, 3.63) is 48.0 Å². The molecule has 0 radical (unpaired) electrons. The van der Waals surface area contributed by atoms with Gasteiger partial charge in [0.15, 0.2) is 0 Å². The number of benzene rings is 1. The molecule has 0 heterocycles. The number of carbonyl (C=O) groups excluding carboxylic acids is 1. The van der Waals surface area contributed by atoms with Gasteiger partial charge in [0, 0.05) is 17.7 Å². The first-order chi connectivity index (χ1) is 11.0. The SMILES string of the molecule is C=C(C)C(=O)OCCNC(C)(C)c1ccccc1.COS(=O)(=O)O. The fourth-order valence-electron chi connectivity index (χ4n) is 1.59. The van der Waals surface area contributed by atoms with Gasteiger partial charge in [0.25, 0.3) is 0 Å². The molecular formula is C16H25NO6S. The van der Waals surface area contributed by atoms with Gasteiger partial charge in [0.05, 0.1) is 7.11 Å². The molecule has 0 unspecified atom stereocenters. The average Bonchev–Trinajstić information content (AvgIpc) is 2.52. The summed E-state index contributed by atoms with van der Waals surface area (Å²) in [6.45, 7) is 10.3. The van der Waals surface area contributed by atoms with Crippen LogP contribution in [0.2, 0.25) is 0 Å². The van der Waals surface area contributed by atoms with Gasteiger partial charge in [0.1, 0.15) is 6.61 Å². The molecule has 0 saturated heterocycles. The summed E-state index contributed by atoms with van der Waals surface area (Å²) in [5, 5.41) is 3.36. The van der Waals surface area contributed by atoms with Gasteiger partial charge < -0.3 is 10.1 Å². The highest BCUT2D eigenvalue weighted by atomic mass is 32.3. The molecule has 0 aromatic heterocycles. The fourth-order valence-corrected chi connectivity index (χ4v) is 1.59. The van der Waals surface area contributed by atoms with Crippen molar-refractivity contribution < 1.29 is 26.7 Å². The minimum atomic E-state index is -4.16. The highest BCUT2D eigenvalue weighted by Gasteiger charge is 2.18. The zero-order valence-corrected chi connectivity index (χ0v) is 15.2. The Morgan fingerprint density at radius 2 is 1.79 bits per heavy atom. The summed E-state index contributed by atoms with van der Waals surface area (Å²) >= 11 is 0. The van der Waals surface area contributed by atoms with Crippen LogP contribution < -0.4 is 5.32 Å². The molecule has 0 aliphatic rings. The summed E-state index contributed by atoms with van der Waals surface area (Å²) in [7, 11) is -3.29. The molecule has 1 aromatic carbocycles. The molecule has 0 aliphatic carbocycles. The molecule has 0 aliphatic heterocycles. The van der Waals surface area contributed by atoms with Crippen LogP contribution >= 0.6 is 0 Å². The van der Waals surface area contributed by atoms with Gasteiger partial charge in [-0.1, -0.05) is 36.9 Å². The van der Waals surface area contributed by atoms with E-state index in [9.17, 15) is 13.2 Å². The van der Waals surface area contributed by atoms with Crippen molar-refractivity contribution in [2.45, 2.75) is 26.3 Å². The van der Waals surface area contributed by atoms with E-state index in [1.165, 1.54) is 5.56 Å². The van der Waals surface area contributed by atoms with Crippen LogP contribution in [0, 0.1) is 0 Å². The van der Waals surface area contributed by atoms with E-state index in [-0.39, 0.29) is 11.5 Å². The van der Waals surface area contributed by atoms with Crippen LogP contribution in [0.25, 0.3) is 0 Å². The van der Waals surface area contributed by atoms with Gasteiger partial charge >= 0.3 is 16.4 Å². The van der Waals surface area contributed by atoms with Gasteiger partial charge in [-0.3, -0.25) is 8.74 Å². The van der Waals surface area contributed by atoms with Crippen LogP contribution in [0.5, 0.6) is 0 Å². The first-order valence-electron chi connectivity index (χ1n) is 7.16. The molecular weight excluding hydrogens is 334 g/mol. The standard InChI is InChI=1S/C15H21NO2.CH4O4S/c1-12(2)14(17)18-11-10-16-15(3,4)13-8-6-5-7-9-13;1-5-6(2,3)4/h5-9,16H,1,10-11H2,2-4H3;1H3,(H,2,3,4). The average molecular weight is 359 g/mol. The number of ether oxygens (including phenoxy) is 1. The Hall–Kier alpha value is -1.74. The number of carbonyl (C=O) groups is 1. The van der Waals surface area contributed by atoms with Crippen LogP contribution in [0.3, 0.4) is 0 Å². The molecule has 0 saturated carbocycles. The van der Waals surface area contributed by atoms with Gasteiger partial charge in [-0.15, -0.1) is 0 Å². The van der Waals surface area contributed by atoms with E-state index in [4.69, 9.17) is 9.29 Å². The molecule has 0 atom stereocenters. The number of nitrogens with one attached hydrogen (secondary N) is 1. The smallest absolute Gasteiger partial charge is 0.397 e. The van der Waals surface area contributed by atoms with Crippen molar-refractivity contribution in [1.82, 2.24) is 5.32 Å². The van der Waals surface area contributed by atoms with Crippen LogP contribution in [0.1, 0.15) is 26.3 Å². The van der Waals surface area contributed by atoms with Crippen LogP contribution in [0.15, 0.2) is 42.5 Å². The Balaban J connectivity index is 0.000000754. The summed E-state index contributed by atoms with van der Waals surface area (Å²) in [6.07, 6.45) is 0. The summed E-state index contributed by atoms with van der Waals surface area (Å²) in [5.41, 5.74) is 1.49. The quantitative estimate of drug-likeness (QED) is 0.332. The highest BCUT2D eigenvalue weighted by Crippen LogP contribution is 2.18. The van der Waals surface area contributed by atoms with Crippen LogP contribution in [0.4, 0.5) is 0 Å². The summed E-state index contributed by atoms with van der Waals surface area (Å²) in [5.74, 6) is -0.339. The highest BCUT2D eigenvalue weighted by molar-refractivity contribution is 7.80. The third kappa shape index (κ3) is 10.1. The normalized spacial score (nSPS) is 11.2. The van der Waals surface area contributed by atoms with Crippen LogP contribution in [-0.4, -0.2) is 39.2 Å². The summed E-state index contributed by atoms with van der Waals surface area (Å²) in [6, 6.07) is 10.2. The van der Waals surface area contributed by atoms with Crippen molar-refractivity contribution in [2.75, 3.05) is 20.3 Å². The molecule has 24 heavy (non-hydrogen) atoms. The fraction of sp³-hybridized carbons (Fsp3) is 0.438. The molecule has 136 valence electrons. The molecule has 1 aromatic rings. The number of esters is 1. The lowest BCUT2D eigenvalue weighted by atomic mass is 9.94. The summed E-state index contributed by atoms with van der Waals surface area (Å²) < 4.78 is 34.7. The lowest BCUT2D eigenvalue weighted by molar-refractivity contribution is -0.138. The maximum atomic E-state index is 11.2. The van der Waals surface area contributed by atoms with Crippen molar-refractivity contribution in [1.29, 1.82) is 0 Å². The maximum absolute atomic E-state index is 11.2. The van der Waals surface area contributed by atoms with E-state index in [0.717, 1.165) is 7.11 Å². The molecule has 0 bridgehead atoms. The van der Waals surface area contributed by atoms with Crippen molar-refractivity contribution in [2.24, 2.45) is 0 Å². The Morgan fingerprint density at radius 1 is 1.29 bits per heavy atom. The van der Waals surface area contributed by atoms with Gasteiger partial charge in [0.2, 0.25) is 0 Å². The second-order valence-corrected chi connectivity index (χ2v) is 6.62. The zero-order valence-electron chi connectivity index (χ0n) is 14.4. The molecule has 8 heteroatoms. The van der Waals surface area contributed by atoms with E-state index in [0.29, 0.717) is 18.7 Å². The minimum absolute atomic E-state index is 0.142. The van der Waals surface area contributed by atoms with E-state index >= 15 is 0 Å². The third-order valence-corrected chi connectivity index (χ3v) is 3.38. The Kier molecular flexibility index (Phi) is 9.45. The van der Waals surface area contributed by atoms with Gasteiger partial charge in [-0.05, 0) is 26.3 Å². The molecule has 0 spiro atoms. The van der Waals surface area contributed by atoms with E-state index < -0.39 is 10.4 Å². The molecule has 0 fully saturated rings. The van der Waals surface area contributed by atoms with E-state index in [1.54, 1.807) is 6.92 Å². The second kappa shape index (κ2) is 10.2. The van der Waals surface area contributed by atoms with E-state index in [1.807, 2.05) is 18.2 Å². The molecule has 1 rings (SSSR count).